The van der Waals surface area contributed by atoms with Crippen LogP contribution < -0.4 is 4.90 Å². The predicted octanol–water partition coefficient (Wildman–Crippen LogP) is 2.42. The van der Waals surface area contributed by atoms with E-state index in [1.807, 2.05) is 18.2 Å². The molecule has 0 N–H and O–H groups in total. The van der Waals surface area contributed by atoms with E-state index in [0.717, 1.165) is 14.0 Å². The number of carbonyl (C=O) groups excluding carboxylic acids is 2. The third-order valence-electron chi connectivity index (χ3n) is 2.98. The quantitative estimate of drug-likeness (QED) is 0.577. The monoisotopic (exact) mass is 364 g/mol. The van der Waals surface area contributed by atoms with Crippen LogP contribution in [0.1, 0.15) is 15.9 Å². The number of amides is 2. The topological polar surface area (TPSA) is 50.3 Å². The molecule has 0 radical (unpaired) electrons. The van der Waals surface area contributed by atoms with Crippen molar-refractivity contribution in [2.24, 2.45) is 0 Å². The van der Waals surface area contributed by atoms with Gasteiger partial charge in [-0.1, -0.05) is 18.2 Å². The molecule has 1 aliphatic rings. The Morgan fingerprint density at radius 2 is 1.89 bits per heavy atom. The number of aromatic nitrogens is 1. The molecular weight excluding hydrogens is 355 g/mol. The lowest BCUT2D eigenvalue weighted by Crippen LogP contribution is -2.42. The summed E-state index contributed by atoms with van der Waals surface area (Å²) in [7, 11) is 0. The Morgan fingerprint density at radius 1 is 1.11 bits per heavy atom. The van der Waals surface area contributed by atoms with Crippen molar-refractivity contribution in [3.05, 3.63) is 57.3 Å². The molecule has 1 aliphatic heterocycles. The molecule has 2 amide bonds. The molecule has 0 spiro atoms. The molecule has 1 aromatic heterocycles. The molecule has 0 fully saturated rings. The van der Waals surface area contributed by atoms with Crippen LogP contribution in [0.15, 0.2) is 42.6 Å². The molecule has 3 rings (SSSR count). The van der Waals surface area contributed by atoms with Crippen LogP contribution in [0.3, 0.4) is 0 Å². The minimum atomic E-state index is -0.305. The standard InChI is InChI=1S/C14H9IN2O2/c15-10-5-6-12(16-8-10)17-13(18)7-9-3-1-2-4-11(9)14(17)19/h1-6,8H,7H2. The highest BCUT2D eigenvalue weighted by Crippen LogP contribution is 2.24. The molecule has 0 unspecified atom stereocenters. The van der Waals surface area contributed by atoms with E-state index in [9.17, 15) is 9.59 Å². The summed E-state index contributed by atoms with van der Waals surface area (Å²) >= 11 is 2.13. The Labute approximate surface area is 123 Å². The van der Waals surface area contributed by atoms with Crippen molar-refractivity contribution in [3.8, 4) is 0 Å². The maximum atomic E-state index is 12.4. The minimum absolute atomic E-state index is 0.232. The second-order valence-electron chi connectivity index (χ2n) is 4.20. The first-order valence-electron chi connectivity index (χ1n) is 5.73. The lowest BCUT2D eigenvalue weighted by molar-refractivity contribution is -0.117. The number of benzene rings is 1. The number of pyridine rings is 1. The van der Waals surface area contributed by atoms with Crippen LogP contribution in [0.5, 0.6) is 0 Å². The van der Waals surface area contributed by atoms with Crippen molar-refractivity contribution in [1.29, 1.82) is 0 Å². The van der Waals surface area contributed by atoms with Crippen LogP contribution in [0.2, 0.25) is 0 Å². The molecule has 5 heteroatoms. The van der Waals surface area contributed by atoms with Gasteiger partial charge in [-0.2, -0.15) is 0 Å². The lowest BCUT2D eigenvalue weighted by Gasteiger charge is -2.25. The Morgan fingerprint density at radius 3 is 2.63 bits per heavy atom. The molecule has 94 valence electrons. The van der Waals surface area contributed by atoms with Crippen molar-refractivity contribution in [3.63, 3.8) is 0 Å². The molecule has 2 aromatic rings. The van der Waals surface area contributed by atoms with Crippen molar-refractivity contribution < 1.29 is 9.59 Å². The van der Waals surface area contributed by atoms with Gasteiger partial charge in [-0.05, 0) is 46.4 Å². The molecule has 4 nitrogen and oxygen atoms in total. The summed E-state index contributed by atoms with van der Waals surface area (Å²) in [6.45, 7) is 0. The van der Waals surface area contributed by atoms with Gasteiger partial charge in [-0.3, -0.25) is 9.59 Å². The Balaban J connectivity index is 2.06. The molecule has 0 saturated heterocycles. The zero-order chi connectivity index (χ0) is 13.4. The van der Waals surface area contributed by atoms with Gasteiger partial charge < -0.3 is 0 Å². The van der Waals surface area contributed by atoms with Crippen LogP contribution in [0.25, 0.3) is 0 Å². The van der Waals surface area contributed by atoms with E-state index >= 15 is 0 Å². The van der Waals surface area contributed by atoms with Gasteiger partial charge in [-0.15, -0.1) is 0 Å². The number of halogens is 1. The lowest BCUT2D eigenvalue weighted by atomic mass is 9.98. The van der Waals surface area contributed by atoms with E-state index in [-0.39, 0.29) is 18.2 Å². The number of rotatable bonds is 1. The smallest absolute Gasteiger partial charge is 0.266 e. The first-order chi connectivity index (χ1) is 9.16. The fraction of sp³-hybridized carbons (Fsp3) is 0.0714. The van der Waals surface area contributed by atoms with Gasteiger partial charge in [-0.25, -0.2) is 9.88 Å². The number of imide groups is 1. The molecular formula is C14H9IN2O2. The van der Waals surface area contributed by atoms with Crippen molar-refractivity contribution in [2.45, 2.75) is 6.42 Å². The Bertz CT molecular complexity index is 667. The van der Waals surface area contributed by atoms with Gasteiger partial charge in [0.1, 0.15) is 5.82 Å². The van der Waals surface area contributed by atoms with Gasteiger partial charge in [0.05, 0.1) is 6.42 Å². The average Bonchev–Trinajstić information content (AvgIpc) is 2.41. The predicted molar refractivity (Wildman–Crippen MR) is 78.9 cm³/mol. The van der Waals surface area contributed by atoms with Crippen LogP contribution in [-0.2, 0) is 11.2 Å². The van der Waals surface area contributed by atoms with Crippen LogP contribution in [0.4, 0.5) is 5.82 Å². The van der Waals surface area contributed by atoms with Crippen molar-refractivity contribution in [1.82, 2.24) is 4.98 Å². The number of hydrogen-bond donors (Lipinski definition) is 0. The second kappa shape index (κ2) is 4.73. The molecule has 0 bridgehead atoms. The molecule has 1 aromatic carbocycles. The third kappa shape index (κ3) is 2.14. The summed E-state index contributed by atoms with van der Waals surface area (Å²) in [5.74, 6) is -0.164. The van der Waals surface area contributed by atoms with E-state index in [2.05, 4.69) is 27.6 Å². The van der Waals surface area contributed by atoms with Gasteiger partial charge in [0.15, 0.2) is 0 Å². The summed E-state index contributed by atoms with van der Waals surface area (Å²) in [4.78, 5) is 29.8. The number of hydrogen-bond acceptors (Lipinski definition) is 3. The number of nitrogens with zero attached hydrogens (tertiary/aromatic N) is 2. The summed E-state index contributed by atoms with van der Waals surface area (Å²) in [5.41, 5.74) is 1.35. The summed E-state index contributed by atoms with van der Waals surface area (Å²) in [5, 5.41) is 0. The molecule has 0 aliphatic carbocycles. The Hall–Kier alpha value is -1.76. The average molecular weight is 364 g/mol. The summed E-state index contributed by atoms with van der Waals surface area (Å²) in [6, 6.07) is 10.7. The fourth-order valence-electron chi connectivity index (χ4n) is 2.09. The van der Waals surface area contributed by atoms with E-state index in [0.29, 0.717) is 11.4 Å². The maximum absolute atomic E-state index is 12.4. The van der Waals surface area contributed by atoms with Crippen LogP contribution in [-0.4, -0.2) is 16.8 Å². The van der Waals surface area contributed by atoms with E-state index in [4.69, 9.17) is 0 Å². The van der Waals surface area contributed by atoms with Crippen molar-refractivity contribution in [2.75, 3.05) is 4.90 Å². The highest BCUT2D eigenvalue weighted by Gasteiger charge is 2.32. The highest BCUT2D eigenvalue weighted by molar-refractivity contribution is 14.1. The fourth-order valence-corrected chi connectivity index (χ4v) is 2.41. The second-order valence-corrected chi connectivity index (χ2v) is 5.45. The van der Waals surface area contributed by atoms with E-state index in [1.165, 1.54) is 0 Å². The highest BCUT2D eigenvalue weighted by atomic mass is 127. The SMILES string of the molecule is O=C1Cc2ccccc2C(=O)N1c1ccc(I)cn1. The van der Waals surface area contributed by atoms with E-state index < -0.39 is 0 Å². The number of anilines is 1. The van der Waals surface area contributed by atoms with Crippen molar-refractivity contribution >= 4 is 40.2 Å². The normalized spacial score (nSPS) is 14.5. The minimum Gasteiger partial charge on any atom is -0.274 e. The first-order valence-corrected chi connectivity index (χ1v) is 6.81. The number of carbonyl (C=O) groups is 2. The molecule has 0 saturated carbocycles. The maximum Gasteiger partial charge on any atom is 0.266 e. The largest absolute Gasteiger partial charge is 0.274 e. The van der Waals surface area contributed by atoms with Crippen LogP contribution >= 0.6 is 22.6 Å². The molecule has 0 atom stereocenters. The van der Waals surface area contributed by atoms with Crippen LogP contribution in [0, 0.1) is 3.57 Å². The zero-order valence-electron chi connectivity index (χ0n) is 9.84. The molecule has 19 heavy (non-hydrogen) atoms. The van der Waals surface area contributed by atoms with Gasteiger partial charge in [0.2, 0.25) is 5.91 Å². The van der Waals surface area contributed by atoms with Gasteiger partial charge in [0.25, 0.3) is 5.91 Å². The third-order valence-corrected chi connectivity index (χ3v) is 3.62. The van der Waals surface area contributed by atoms with E-state index in [1.54, 1.807) is 24.4 Å². The van der Waals surface area contributed by atoms with Gasteiger partial charge >= 0.3 is 0 Å². The first kappa shape index (κ1) is 12.3. The summed E-state index contributed by atoms with van der Waals surface area (Å²) in [6.07, 6.45) is 1.87. The molecule has 2 heterocycles. The summed E-state index contributed by atoms with van der Waals surface area (Å²) < 4.78 is 0.957. The Kier molecular flexibility index (Phi) is 3.06. The number of fused-ring (bicyclic) bond motifs is 1. The van der Waals surface area contributed by atoms with Gasteiger partial charge in [0, 0.05) is 15.3 Å². The zero-order valence-corrected chi connectivity index (χ0v) is 12.0.